The average molecular weight is 457 g/mol. The molecular weight excluding hydrogens is 435 g/mol. The number of ether oxygens (including phenoxy) is 2. The molecule has 0 amide bonds. The van der Waals surface area contributed by atoms with Gasteiger partial charge in [-0.15, -0.1) is 0 Å². The van der Waals surface area contributed by atoms with Crippen molar-refractivity contribution in [3.05, 3.63) is 59.4 Å². The summed E-state index contributed by atoms with van der Waals surface area (Å²) >= 11 is 0. The summed E-state index contributed by atoms with van der Waals surface area (Å²) in [5.74, 6) is 0.555. The van der Waals surface area contributed by atoms with Crippen molar-refractivity contribution in [3.8, 4) is 5.75 Å². The molecule has 9 heteroatoms. The van der Waals surface area contributed by atoms with Gasteiger partial charge in [0.05, 0.1) is 42.0 Å². The molecule has 0 unspecified atom stereocenters. The second-order valence-electron chi connectivity index (χ2n) is 8.07. The lowest BCUT2D eigenvalue weighted by Gasteiger charge is -2.19. The minimum Gasteiger partial charge on any atom is -0.484 e. The van der Waals surface area contributed by atoms with E-state index in [9.17, 15) is 13.2 Å². The number of aromatic nitrogens is 2. The third-order valence-corrected chi connectivity index (χ3v) is 5.77. The van der Waals surface area contributed by atoms with Gasteiger partial charge in [0.15, 0.2) is 11.3 Å². The molecule has 6 nitrogen and oxygen atoms in total. The number of alkyl halides is 2. The number of nitrogens with one attached hydrogen (secondary N) is 1. The van der Waals surface area contributed by atoms with E-state index >= 15 is 0 Å². The average Bonchev–Trinajstić information content (AvgIpc) is 3.46. The second kappa shape index (κ2) is 8.55. The van der Waals surface area contributed by atoms with Crippen LogP contribution in [-0.4, -0.2) is 29.3 Å². The Bertz CT molecular complexity index is 1320. The van der Waals surface area contributed by atoms with Crippen LogP contribution in [0.2, 0.25) is 0 Å². The van der Waals surface area contributed by atoms with E-state index in [1.54, 1.807) is 32.2 Å². The molecule has 1 saturated heterocycles. The molecule has 33 heavy (non-hydrogen) atoms. The summed E-state index contributed by atoms with van der Waals surface area (Å²) in [7, 11) is 0. The van der Waals surface area contributed by atoms with Crippen LogP contribution in [0.1, 0.15) is 42.8 Å². The predicted molar refractivity (Wildman–Crippen MR) is 117 cm³/mol. The lowest BCUT2D eigenvalue weighted by molar-refractivity contribution is 0.141. The van der Waals surface area contributed by atoms with E-state index in [1.807, 2.05) is 0 Å². The van der Waals surface area contributed by atoms with Crippen molar-refractivity contribution in [3.63, 3.8) is 0 Å². The summed E-state index contributed by atoms with van der Waals surface area (Å²) in [6.45, 7) is 4.57. The van der Waals surface area contributed by atoms with Crippen LogP contribution in [0.4, 0.5) is 19.0 Å². The fourth-order valence-electron chi connectivity index (χ4n) is 4.14. The van der Waals surface area contributed by atoms with Crippen molar-refractivity contribution in [1.29, 1.82) is 0 Å². The van der Waals surface area contributed by atoms with E-state index in [4.69, 9.17) is 13.9 Å². The Kier molecular flexibility index (Phi) is 5.57. The van der Waals surface area contributed by atoms with Crippen molar-refractivity contribution in [2.24, 2.45) is 0 Å². The number of furan rings is 1. The van der Waals surface area contributed by atoms with E-state index in [0.29, 0.717) is 47.1 Å². The number of rotatable bonds is 6. The highest BCUT2D eigenvalue weighted by Gasteiger charge is 2.24. The maximum Gasteiger partial charge on any atom is 0.266 e. The second-order valence-corrected chi connectivity index (χ2v) is 8.07. The number of nitrogens with zero attached hydrogens (tertiary/aromatic N) is 2. The van der Waals surface area contributed by atoms with Crippen molar-refractivity contribution in [2.45, 2.75) is 38.8 Å². The monoisotopic (exact) mass is 457 g/mol. The molecule has 0 bridgehead atoms. The Morgan fingerprint density at radius 1 is 1.15 bits per heavy atom. The van der Waals surface area contributed by atoms with Gasteiger partial charge in [0.2, 0.25) is 0 Å². The van der Waals surface area contributed by atoms with E-state index in [0.717, 1.165) is 17.9 Å². The van der Waals surface area contributed by atoms with E-state index in [2.05, 4.69) is 15.3 Å². The lowest BCUT2D eigenvalue weighted by Crippen LogP contribution is -2.16. The summed E-state index contributed by atoms with van der Waals surface area (Å²) in [4.78, 5) is 9.09. The van der Waals surface area contributed by atoms with Crippen molar-refractivity contribution < 1.29 is 27.1 Å². The Morgan fingerprint density at radius 2 is 1.97 bits per heavy atom. The molecule has 1 aliphatic heterocycles. The third kappa shape index (κ3) is 3.97. The Morgan fingerprint density at radius 3 is 2.73 bits per heavy atom. The van der Waals surface area contributed by atoms with Crippen LogP contribution in [0.5, 0.6) is 5.75 Å². The number of hydrogen-bond acceptors (Lipinski definition) is 6. The van der Waals surface area contributed by atoms with Gasteiger partial charge in [-0.3, -0.25) is 0 Å². The first-order valence-corrected chi connectivity index (χ1v) is 10.7. The van der Waals surface area contributed by atoms with Gasteiger partial charge >= 0.3 is 0 Å². The van der Waals surface area contributed by atoms with Crippen LogP contribution >= 0.6 is 0 Å². The molecule has 1 N–H and O–H groups in total. The summed E-state index contributed by atoms with van der Waals surface area (Å²) in [5.41, 5.74) is 0.723. The molecule has 0 radical (unpaired) electrons. The van der Waals surface area contributed by atoms with Gasteiger partial charge in [-0.2, -0.15) is 0 Å². The highest BCUT2D eigenvalue weighted by atomic mass is 19.3. The highest BCUT2D eigenvalue weighted by molar-refractivity contribution is 6.09. The van der Waals surface area contributed by atoms with Crippen molar-refractivity contribution in [1.82, 2.24) is 9.97 Å². The molecule has 1 fully saturated rings. The molecule has 3 heterocycles. The normalized spacial score (nSPS) is 17.2. The first-order chi connectivity index (χ1) is 15.9. The molecule has 5 rings (SSSR count). The topological polar surface area (TPSA) is 69.4 Å². The Balaban J connectivity index is 1.59. The number of hydrogen-bond donors (Lipinski definition) is 1. The van der Waals surface area contributed by atoms with Crippen molar-refractivity contribution in [2.75, 3.05) is 18.5 Å². The SMILES string of the molecule is Cc1nc(N[C@H](C)c2cccc(C(F)F)c2F)c2cc(O[C@H]3CCOC3)c3occc3c2n1. The number of anilines is 1. The molecule has 172 valence electrons. The van der Waals surface area contributed by atoms with Gasteiger partial charge < -0.3 is 19.2 Å². The van der Waals surface area contributed by atoms with Gasteiger partial charge in [-0.1, -0.05) is 18.2 Å². The predicted octanol–water partition coefficient (Wildman–Crippen LogP) is 6.10. The van der Waals surface area contributed by atoms with Gasteiger partial charge in [0, 0.05) is 17.4 Å². The summed E-state index contributed by atoms with van der Waals surface area (Å²) in [6.07, 6.45) is -0.649. The fraction of sp³-hybridized carbons (Fsp3) is 0.333. The van der Waals surface area contributed by atoms with Gasteiger partial charge in [-0.05, 0) is 26.0 Å². The summed E-state index contributed by atoms with van der Waals surface area (Å²) < 4.78 is 58.3. The van der Waals surface area contributed by atoms with Crippen LogP contribution in [0.25, 0.3) is 21.9 Å². The van der Waals surface area contributed by atoms with E-state index in [-0.39, 0.29) is 11.7 Å². The zero-order chi connectivity index (χ0) is 23.1. The van der Waals surface area contributed by atoms with Gasteiger partial charge in [0.25, 0.3) is 6.43 Å². The van der Waals surface area contributed by atoms with Crippen LogP contribution in [0.15, 0.2) is 41.0 Å². The highest BCUT2D eigenvalue weighted by Crippen LogP contribution is 2.38. The van der Waals surface area contributed by atoms with Crippen LogP contribution in [-0.2, 0) is 4.74 Å². The molecular formula is C24H22F3N3O3. The molecule has 2 aromatic heterocycles. The largest absolute Gasteiger partial charge is 0.484 e. The first kappa shape index (κ1) is 21.5. The van der Waals surface area contributed by atoms with Crippen LogP contribution < -0.4 is 10.1 Å². The van der Waals surface area contributed by atoms with Crippen LogP contribution in [0.3, 0.4) is 0 Å². The van der Waals surface area contributed by atoms with Gasteiger partial charge in [-0.25, -0.2) is 23.1 Å². The van der Waals surface area contributed by atoms with Crippen molar-refractivity contribution >= 4 is 27.7 Å². The maximum absolute atomic E-state index is 14.7. The summed E-state index contributed by atoms with van der Waals surface area (Å²) in [6, 6.07) is 6.96. The molecule has 0 saturated carbocycles. The molecule has 2 atom stereocenters. The minimum absolute atomic E-state index is 0.0939. The van der Waals surface area contributed by atoms with Gasteiger partial charge in [0.1, 0.15) is 23.6 Å². The molecule has 2 aromatic carbocycles. The first-order valence-electron chi connectivity index (χ1n) is 10.7. The minimum atomic E-state index is -2.90. The molecule has 1 aliphatic rings. The number of halogens is 3. The summed E-state index contributed by atoms with van der Waals surface area (Å²) in [5, 5.41) is 4.59. The smallest absolute Gasteiger partial charge is 0.266 e. The standard InChI is InChI=1S/C24H22F3N3O3/c1-12(15-4-3-5-16(20(15)25)23(26)27)28-24-18-10-19(33-14-6-8-31-11-14)22-17(7-9-32-22)21(18)29-13(2)30-24/h3-5,7,9-10,12,14,23H,6,8,11H2,1-2H3,(H,28,29,30)/t12-,14+/m1/s1. The number of benzene rings is 2. The zero-order valence-electron chi connectivity index (χ0n) is 18.1. The molecule has 4 aromatic rings. The fourth-order valence-corrected chi connectivity index (χ4v) is 4.14. The lowest BCUT2D eigenvalue weighted by atomic mass is 10.0. The zero-order valence-corrected chi connectivity index (χ0v) is 18.1. The number of fused-ring (bicyclic) bond motifs is 3. The third-order valence-electron chi connectivity index (χ3n) is 5.77. The van der Waals surface area contributed by atoms with Crippen LogP contribution in [0, 0.1) is 12.7 Å². The molecule has 0 aliphatic carbocycles. The van der Waals surface area contributed by atoms with E-state index < -0.39 is 23.8 Å². The van der Waals surface area contributed by atoms with E-state index in [1.165, 1.54) is 12.1 Å². The number of aryl methyl sites for hydroxylation is 1. The quantitative estimate of drug-likeness (QED) is 0.377. The Labute approximate surface area is 187 Å². The molecule has 0 spiro atoms. The Hall–Kier alpha value is -3.33. The maximum atomic E-state index is 14.7.